The van der Waals surface area contributed by atoms with Crippen LogP contribution in [0.3, 0.4) is 0 Å². The van der Waals surface area contributed by atoms with Gasteiger partial charge in [-0.25, -0.2) is 0 Å². The molecule has 1 aromatic carbocycles. The third-order valence-electron chi connectivity index (χ3n) is 1.39. The molecule has 0 aliphatic rings. The number of aryl methyl sites for hydroxylation is 1. The number of nitro benzene ring substituents is 1. The number of halogens is 1. The zero-order valence-electron chi connectivity index (χ0n) is 6.28. The van der Waals surface area contributed by atoms with Crippen molar-refractivity contribution in [2.75, 3.05) is 0 Å². The van der Waals surface area contributed by atoms with Crippen LogP contribution in [0.5, 0.6) is 0 Å². The second kappa shape index (κ2) is 3.78. The first-order valence-electron chi connectivity index (χ1n) is 3.19. The van der Waals surface area contributed by atoms with Crippen molar-refractivity contribution in [3.05, 3.63) is 33.9 Å². The van der Waals surface area contributed by atoms with Crippen LogP contribution in [0.25, 0.3) is 0 Å². The first kappa shape index (κ1) is 9.35. The molecule has 0 saturated heterocycles. The summed E-state index contributed by atoms with van der Waals surface area (Å²) < 4.78 is 0. The summed E-state index contributed by atoms with van der Waals surface area (Å²) in [5.74, 6) is 0. The van der Waals surface area contributed by atoms with Gasteiger partial charge in [0.25, 0.3) is 5.69 Å². The molecule has 0 unspecified atom stereocenters. The van der Waals surface area contributed by atoms with E-state index >= 15 is 0 Å². The van der Waals surface area contributed by atoms with Crippen molar-refractivity contribution in [1.29, 1.82) is 0 Å². The quantitative estimate of drug-likeness (QED) is 0.548. The third kappa shape index (κ3) is 1.89. The van der Waals surface area contributed by atoms with Crippen molar-refractivity contribution in [2.45, 2.75) is 11.8 Å². The van der Waals surface area contributed by atoms with Crippen LogP contribution in [-0.4, -0.2) is 4.92 Å². The molecule has 1 aromatic rings. The van der Waals surface area contributed by atoms with Crippen LogP contribution in [0.15, 0.2) is 23.1 Å². The van der Waals surface area contributed by atoms with E-state index in [9.17, 15) is 10.1 Å². The predicted molar refractivity (Wildman–Crippen MR) is 49.5 cm³/mol. The Balaban J connectivity index is 3.21. The third-order valence-corrected chi connectivity index (χ3v) is 2.40. The Morgan fingerprint density at radius 2 is 2.25 bits per heavy atom. The van der Waals surface area contributed by atoms with Crippen LogP contribution < -0.4 is 0 Å². The van der Waals surface area contributed by atoms with Crippen LogP contribution in [0.2, 0.25) is 0 Å². The molecule has 0 heterocycles. The molecule has 0 spiro atoms. The van der Waals surface area contributed by atoms with E-state index in [4.69, 9.17) is 10.7 Å². The molecule has 0 radical (unpaired) electrons. The van der Waals surface area contributed by atoms with Gasteiger partial charge >= 0.3 is 0 Å². The molecule has 0 amide bonds. The van der Waals surface area contributed by atoms with Gasteiger partial charge in [0.05, 0.1) is 4.92 Å². The second-order valence-electron chi connectivity index (χ2n) is 2.31. The van der Waals surface area contributed by atoms with Crippen LogP contribution in [0.1, 0.15) is 5.56 Å². The first-order chi connectivity index (χ1) is 5.65. The Morgan fingerprint density at radius 1 is 1.58 bits per heavy atom. The summed E-state index contributed by atoms with van der Waals surface area (Å²) in [6.07, 6.45) is 0. The molecule has 0 aliphatic carbocycles. The molecule has 0 N–H and O–H groups in total. The predicted octanol–water partition coefficient (Wildman–Crippen LogP) is 3.15. The molecule has 0 atom stereocenters. The van der Waals surface area contributed by atoms with Crippen molar-refractivity contribution < 1.29 is 4.92 Å². The number of nitrogens with zero attached hydrogens (tertiary/aromatic N) is 1. The van der Waals surface area contributed by atoms with Gasteiger partial charge in [0.2, 0.25) is 0 Å². The van der Waals surface area contributed by atoms with Gasteiger partial charge in [0.15, 0.2) is 0 Å². The zero-order valence-corrected chi connectivity index (χ0v) is 7.85. The normalized spacial score (nSPS) is 9.83. The Kier molecular flexibility index (Phi) is 2.94. The van der Waals surface area contributed by atoms with Crippen LogP contribution in [0, 0.1) is 17.0 Å². The van der Waals surface area contributed by atoms with Crippen molar-refractivity contribution in [3.8, 4) is 0 Å². The van der Waals surface area contributed by atoms with Crippen molar-refractivity contribution in [1.82, 2.24) is 0 Å². The Morgan fingerprint density at radius 3 is 2.75 bits per heavy atom. The highest BCUT2D eigenvalue weighted by Crippen LogP contribution is 2.31. The SMILES string of the molecule is Cc1ccc(SCl)c([N+](=O)[O-])c1. The number of benzene rings is 1. The average molecular weight is 204 g/mol. The van der Waals surface area contributed by atoms with Gasteiger partial charge in [0, 0.05) is 6.07 Å². The molecule has 12 heavy (non-hydrogen) atoms. The summed E-state index contributed by atoms with van der Waals surface area (Å²) in [6.45, 7) is 1.80. The van der Waals surface area contributed by atoms with Crippen molar-refractivity contribution in [3.63, 3.8) is 0 Å². The van der Waals surface area contributed by atoms with Gasteiger partial charge < -0.3 is 0 Å². The lowest BCUT2D eigenvalue weighted by molar-refractivity contribution is -0.387. The standard InChI is InChI=1S/C7H6ClNO2S/c1-5-2-3-7(12-8)6(4-5)9(10)11/h2-4H,1H3. The number of hydrogen-bond acceptors (Lipinski definition) is 3. The monoisotopic (exact) mass is 203 g/mol. The molecule has 0 bridgehead atoms. The number of hydrogen-bond donors (Lipinski definition) is 0. The molecule has 0 fully saturated rings. The molecule has 0 aromatic heterocycles. The van der Waals surface area contributed by atoms with Gasteiger partial charge in [-0.05, 0) is 40.2 Å². The largest absolute Gasteiger partial charge is 0.284 e. The summed E-state index contributed by atoms with van der Waals surface area (Å²) >= 11 is 0. The first-order valence-corrected chi connectivity index (χ1v) is 4.83. The maximum Gasteiger partial charge on any atom is 0.284 e. The molecule has 64 valence electrons. The summed E-state index contributed by atoms with van der Waals surface area (Å²) in [4.78, 5) is 10.5. The fourth-order valence-corrected chi connectivity index (χ4v) is 1.56. The van der Waals surface area contributed by atoms with Gasteiger partial charge in [-0.15, -0.1) is 0 Å². The molecular formula is C7H6ClNO2S. The van der Waals surface area contributed by atoms with E-state index in [2.05, 4.69) is 0 Å². The van der Waals surface area contributed by atoms with E-state index in [1.807, 2.05) is 0 Å². The summed E-state index contributed by atoms with van der Waals surface area (Å²) in [7, 11) is 6.30. The van der Waals surface area contributed by atoms with E-state index < -0.39 is 4.92 Å². The van der Waals surface area contributed by atoms with Crippen molar-refractivity contribution in [2.24, 2.45) is 0 Å². The lowest BCUT2D eigenvalue weighted by atomic mass is 10.2. The van der Waals surface area contributed by atoms with Gasteiger partial charge in [-0.2, -0.15) is 0 Å². The number of nitro groups is 1. The Hall–Kier alpha value is -0.740. The fourth-order valence-electron chi connectivity index (χ4n) is 0.835. The molecule has 0 aliphatic heterocycles. The van der Waals surface area contributed by atoms with Crippen LogP contribution >= 0.6 is 21.7 Å². The minimum Gasteiger partial charge on any atom is -0.258 e. The van der Waals surface area contributed by atoms with E-state index in [1.54, 1.807) is 19.1 Å². The highest BCUT2D eigenvalue weighted by Gasteiger charge is 2.12. The molecule has 3 nitrogen and oxygen atoms in total. The molecule has 1 rings (SSSR count). The summed E-state index contributed by atoms with van der Waals surface area (Å²) in [5, 5.41) is 10.5. The highest BCUT2D eigenvalue weighted by molar-refractivity contribution is 8.21. The summed E-state index contributed by atoms with van der Waals surface area (Å²) in [5.41, 5.74) is 0.922. The van der Waals surface area contributed by atoms with E-state index in [-0.39, 0.29) is 5.69 Å². The lowest BCUT2D eigenvalue weighted by Gasteiger charge is -1.97. The molecule has 0 saturated carbocycles. The van der Waals surface area contributed by atoms with E-state index in [1.165, 1.54) is 6.07 Å². The second-order valence-corrected chi connectivity index (χ2v) is 3.36. The van der Waals surface area contributed by atoms with Crippen LogP contribution in [-0.2, 0) is 0 Å². The fraction of sp³-hybridized carbons (Fsp3) is 0.143. The van der Waals surface area contributed by atoms with Crippen molar-refractivity contribution >= 4 is 27.3 Å². The highest BCUT2D eigenvalue weighted by atomic mass is 35.7. The molecule has 5 heteroatoms. The Bertz CT molecular complexity index is 316. The average Bonchev–Trinajstić information content (AvgIpc) is 2.04. The lowest BCUT2D eigenvalue weighted by Crippen LogP contribution is -1.90. The van der Waals surface area contributed by atoms with Gasteiger partial charge in [-0.3, -0.25) is 10.1 Å². The zero-order chi connectivity index (χ0) is 9.14. The van der Waals surface area contributed by atoms with Gasteiger partial charge in [0.1, 0.15) is 4.90 Å². The maximum absolute atomic E-state index is 10.5. The Labute approximate surface area is 78.4 Å². The minimum absolute atomic E-state index is 0.0648. The van der Waals surface area contributed by atoms with Crippen LogP contribution in [0.4, 0.5) is 5.69 Å². The maximum atomic E-state index is 10.5. The topological polar surface area (TPSA) is 43.1 Å². The van der Waals surface area contributed by atoms with Gasteiger partial charge in [-0.1, -0.05) is 6.07 Å². The smallest absolute Gasteiger partial charge is 0.258 e. The van der Waals surface area contributed by atoms with E-state index in [0.717, 1.165) is 16.5 Å². The minimum atomic E-state index is -0.433. The van der Waals surface area contributed by atoms with E-state index in [0.29, 0.717) is 4.90 Å². The summed E-state index contributed by atoms with van der Waals surface area (Å²) in [6, 6.07) is 4.94. The number of rotatable bonds is 2. The molecular weight excluding hydrogens is 198 g/mol.